The number of fused-ring (bicyclic) bond motifs is 1. The number of pyridine rings is 1. The molecule has 0 radical (unpaired) electrons. The molecule has 0 bridgehead atoms. The Morgan fingerprint density at radius 2 is 1.73 bits per heavy atom. The van der Waals surface area contributed by atoms with Crippen LogP contribution in [0.3, 0.4) is 0 Å². The highest BCUT2D eigenvalue weighted by Gasteiger charge is 2.06. The lowest BCUT2D eigenvalue weighted by atomic mass is 10.1. The number of rotatable bonds is 5. The number of ether oxygens (including phenoxy) is 1. The number of anilines is 1. The molecule has 0 saturated carbocycles. The monoisotopic (exact) mass is 343 g/mol. The van der Waals surface area contributed by atoms with Gasteiger partial charge in [0, 0.05) is 23.6 Å². The van der Waals surface area contributed by atoms with Crippen LogP contribution in [-0.4, -0.2) is 21.9 Å². The number of nitrogens with one attached hydrogen (secondary N) is 1. The number of aromatic nitrogens is 2. The van der Waals surface area contributed by atoms with Crippen molar-refractivity contribution in [3.63, 3.8) is 0 Å². The van der Waals surface area contributed by atoms with Gasteiger partial charge in [0.1, 0.15) is 11.4 Å². The van der Waals surface area contributed by atoms with Gasteiger partial charge in [-0.15, -0.1) is 0 Å². The summed E-state index contributed by atoms with van der Waals surface area (Å²) in [6.45, 7) is -0.0296. The van der Waals surface area contributed by atoms with Crippen LogP contribution in [0.5, 0.6) is 5.75 Å². The van der Waals surface area contributed by atoms with E-state index in [0.29, 0.717) is 5.75 Å². The molecule has 0 saturated heterocycles. The highest BCUT2D eigenvalue weighted by Crippen LogP contribution is 2.21. The number of para-hydroxylation sites is 1. The van der Waals surface area contributed by atoms with E-state index in [4.69, 9.17) is 4.74 Å². The van der Waals surface area contributed by atoms with Crippen LogP contribution in [0, 0.1) is 0 Å². The summed E-state index contributed by atoms with van der Waals surface area (Å²) in [4.78, 5) is 16.6. The fraction of sp³-hybridized carbons (Fsp3) is 0.0476. The van der Waals surface area contributed by atoms with Crippen molar-refractivity contribution < 1.29 is 9.53 Å². The van der Waals surface area contributed by atoms with Gasteiger partial charge in [0.25, 0.3) is 5.91 Å². The molecule has 5 heteroatoms. The Labute approximate surface area is 150 Å². The SMILES string of the molecule is O=C(COc1ccccc1)Nc1ccc(-c2cn3ccccc3n2)cc1. The number of hydrogen-bond donors (Lipinski definition) is 1. The number of imidazole rings is 1. The molecule has 0 atom stereocenters. The van der Waals surface area contributed by atoms with Crippen LogP contribution in [0.15, 0.2) is 85.2 Å². The van der Waals surface area contributed by atoms with Crippen molar-refractivity contribution in [2.45, 2.75) is 0 Å². The lowest BCUT2D eigenvalue weighted by Gasteiger charge is -2.07. The minimum Gasteiger partial charge on any atom is -0.484 e. The quantitative estimate of drug-likeness (QED) is 0.595. The molecule has 0 aliphatic heterocycles. The molecule has 4 rings (SSSR count). The number of amides is 1. The maximum absolute atomic E-state index is 12.0. The highest BCUT2D eigenvalue weighted by molar-refractivity contribution is 5.92. The van der Waals surface area contributed by atoms with Gasteiger partial charge in [-0.1, -0.05) is 36.4 Å². The van der Waals surface area contributed by atoms with Crippen LogP contribution in [-0.2, 0) is 4.79 Å². The van der Waals surface area contributed by atoms with E-state index in [1.165, 1.54) is 0 Å². The molecule has 1 amide bonds. The van der Waals surface area contributed by atoms with Gasteiger partial charge in [-0.3, -0.25) is 4.79 Å². The lowest BCUT2D eigenvalue weighted by molar-refractivity contribution is -0.118. The Morgan fingerprint density at radius 3 is 2.50 bits per heavy atom. The largest absolute Gasteiger partial charge is 0.484 e. The normalized spacial score (nSPS) is 10.6. The molecule has 5 nitrogen and oxygen atoms in total. The Kier molecular flexibility index (Phi) is 4.35. The van der Waals surface area contributed by atoms with E-state index in [9.17, 15) is 4.79 Å². The molecule has 0 unspecified atom stereocenters. The predicted molar refractivity (Wildman–Crippen MR) is 101 cm³/mol. The van der Waals surface area contributed by atoms with Gasteiger partial charge in [0.2, 0.25) is 0 Å². The Hall–Kier alpha value is -3.60. The van der Waals surface area contributed by atoms with E-state index in [1.807, 2.05) is 89.6 Å². The zero-order valence-electron chi connectivity index (χ0n) is 14.0. The zero-order valence-corrected chi connectivity index (χ0v) is 14.0. The van der Waals surface area contributed by atoms with Gasteiger partial charge in [0.15, 0.2) is 6.61 Å². The molecular weight excluding hydrogens is 326 g/mol. The van der Waals surface area contributed by atoms with Gasteiger partial charge in [0.05, 0.1) is 5.69 Å². The van der Waals surface area contributed by atoms with Crippen molar-refractivity contribution in [2.24, 2.45) is 0 Å². The van der Waals surface area contributed by atoms with Crippen LogP contribution < -0.4 is 10.1 Å². The van der Waals surface area contributed by atoms with E-state index in [0.717, 1.165) is 22.6 Å². The van der Waals surface area contributed by atoms with Crippen LogP contribution >= 0.6 is 0 Å². The van der Waals surface area contributed by atoms with Gasteiger partial charge in [-0.2, -0.15) is 0 Å². The van der Waals surface area contributed by atoms with E-state index >= 15 is 0 Å². The summed E-state index contributed by atoms with van der Waals surface area (Å²) < 4.78 is 7.42. The maximum atomic E-state index is 12.0. The maximum Gasteiger partial charge on any atom is 0.262 e. The topological polar surface area (TPSA) is 55.6 Å². The first-order chi connectivity index (χ1) is 12.8. The molecule has 128 valence electrons. The third-order valence-corrected chi connectivity index (χ3v) is 3.94. The van der Waals surface area contributed by atoms with Gasteiger partial charge >= 0.3 is 0 Å². The Morgan fingerprint density at radius 1 is 0.962 bits per heavy atom. The zero-order chi connectivity index (χ0) is 17.8. The van der Waals surface area contributed by atoms with Crippen LogP contribution in [0.2, 0.25) is 0 Å². The first kappa shape index (κ1) is 15.9. The molecule has 0 aliphatic rings. The molecule has 0 aliphatic carbocycles. The van der Waals surface area contributed by atoms with E-state index in [1.54, 1.807) is 0 Å². The second kappa shape index (κ2) is 7.11. The molecule has 26 heavy (non-hydrogen) atoms. The van der Waals surface area contributed by atoms with E-state index in [2.05, 4.69) is 10.3 Å². The van der Waals surface area contributed by atoms with Crippen molar-refractivity contribution >= 4 is 17.2 Å². The fourth-order valence-corrected chi connectivity index (χ4v) is 2.66. The average Bonchev–Trinajstić information content (AvgIpc) is 3.12. The number of hydrogen-bond acceptors (Lipinski definition) is 3. The molecule has 4 aromatic rings. The number of carbonyl (C=O) groups excluding carboxylic acids is 1. The number of benzene rings is 2. The second-order valence-corrected chi connectivity index (χ2v) is 5.82. The summed E-state index contributed by atoms with van der Waals surface area (Å²) in [6.07, 6.45) is 3.95. The third kappa shape index (κ3) is 3.57. The van der Waals surface area contributed by atoms with Crippen molar-refractivity contribution in [2.75, 3.05) is 11.9 Å². The van der Waals surface area contributed by atoms with Crippen molar-refractivity contribution in [3.05, 3.63) is 85.2 Å². The predicted octanol–water partition coefficient (Wildman–Crippen LogP) is 4.02. The third-order valence-electron chi connectivity index (χ3n) is 3.94. The summed E-state index contributed by atoms with van der Waals surface area (Å²) in [5.74, 6) is 0.471. The van der Waals surface area contributed by atoms with E-state index in [-0.39, 0.29) is 12.5 Å². The average molecular weight is 343 g/mol. The van der Waals surface area contributed by atoms with Gasteiger partial charge < -0.3 is 14.5 Å². The van der Waals surface area contributed by atoms with E-state index < -0.39 is 0 Å². The molecule has 1 N–H and O–H groups in total. The summed E-state index contributed by atoms with van der Waals surface area (Å²) in [6, 6.07) is 22.8. The second-order valence-electron chi connectivity index (χ2n) is 5.82. The van der Waals surface area contributed by atoms with Crippen LogP contribution in [0.1, 0.15) is 0 Å². The summed E-state index contributed by atoms with van der Waals surface area (Å²) in [5, 5.41) is 2.83. The standard InChI is InChI=1S/C21H17N3O2/c25-21(15-26-18-6-2-1-3-7-18)22-17-11-9-16(10-12-17)19-14-24-13-5-4-8-20(24)23-19/h1-14H,15H2,(H,22,25). The van der Waals surface area contributed by atoms with Gasteiger partial charge in [-0.05, 0) is 36.4 Å². The van der Waals surface area contributed by atoms with Crippen molar-refractivity contribution in [3.8, 4) is 17.0 Å². The summed E-state index contributed by atoms with van der Waals surface area (Å²) in [7, 11) is 0. The lowest BCUT2D eigenvalue weighted by Crippen LogP contribution is -2.20. The Bertz CT molecular complexity index is 991. The first-order valence-electron chi connectivity index (χ1n) is 8.30. The Balaban J connectivity index is 1.40. The van der Waals surface area contributed by atoms with Crippen LogP contribution in [0.25, 0.3) is 16.9 Å². The molecule has 0 fully saturated rings. The fourth-order valence-electron chi connectivity index (χ4n) is 2.66. The molecule has 2 heterocycles. The molecule has 2 aromatic carbocycles. The first-order valence-corrected chi connectivity index (χ1v) is 8.30. The van der Waals surface area contributed by atoms with Gasteiger partial charge in [-0.25, -0.2) is 4.98 Å². The molecule has 0 spiro atoms. The summed E-state index contributed by atoms with van der Waals surface area (Å²) >= 11 is 0. The number of carbonyl (C=O) groups is 1. The summed E-state index contributed by atoms with van der Waals surface area (Å²) in [5.41, 5.74) is 3.51. The van der Waals surface area contributed by atoms with Crippen molar-refractivity contribution in [1.29, 1.82) is 0 Å². The van der Waals surface area contributed by atoms with Crippen molar-refractivity contribution in [1.82, 2.24) is 9.38 Å². The molecular formula is C21H17N3O2. The number of nitrogens with zero attached hydrogens (tertiary/aromatic N) is 2. The smallest absolute Gasteiger partial charge is 0.262 e. The molecule has 2 aromatic heterocycles. The van der Waals surface area contributed by atoms with Crippen LogP contribution in [0.4, 0.5) is 5.69 Å². The minimum absolute atomic E-state index is 0.0296. The highest BCUT2D eigenvalue weighted by atomic mass is 16.5. The minimum atomic E-state index is -0.200.